The van der Waals surface area contributed by atoms with Crippen molar-refractivity contribution in [3.63, 3.8) is 0 Å². The van der Waals surface area contributed by atoms with Crippen LogP contribution in [-0.2, 0) is 10.0 Å². The van der Waals surface area contributed by atoms with Crippen molar-refractivity contribution in [3.05, 3.63) is 18.2 Å². The second kappa shape index (κ2) is 4.49. The third-order valence-electron chi connectivity index (χ3n) is 2.45. The first-order chi connectivity index (χ1) is 8.73. The molecule has 1 aliphatic heterocycles. The molecule has 0 fully saturated rings. The van der Waals surface area contributed by atoms with Crippen LogP contribution in [0.25, 0.3) is 0 Å². The van der Waals surface area contributed by atoms with Crippen LogP contribution in [-0.4, -0.2) is 31.7 Å². The molecule has 19 heavy (non-hydrogen) atoms. The molecule has 1 aliphatic rings. The molecular weight excluding hydrogens is 284 g/mol. The second-order valence-corrected chi connectivity index (χ2v) is 6.07. The number of alkyl halides is 2. The molecule has 6 nitrogen and oxygen atoms in total. The van der Waals surface area contributed by atoms with Crippen molar-refractivity contribution in [2.45, 2.75) is 18.5 Å². The van der Waals surface area contributed by atoms with Gasteiger partial charge in [0.05, 0.1) is 12.3 Å². The number of benzene rings is 1. The average molecular weight is 295 g/mol. The zero-order chi connectivity index (χ0) is 14.3. The zero-order valence-electron chi connectivity index (χ0n) is 9.76. The van der Waals surface area contributed by atoms with Crippen molar-refractivity contribution < 1.29 is 31.8 Å². The SMILES string of the molecule is CC(CO)S(=O)(=O)Nc1ccc2c(c1)OC(F)(F)O2. The molecule has 0 saturated carbocycles. The first-order valence-electron chi connectivity index (χ1n) is 5.26. The Balaban J connectivity index is 2.22. The summed E-state index contributed by atoms with van der Waals surface area (Å²) in [5, 5.41) is 7.78. The van der Waals surface area contributed by atoms with E-state index in [1.165, 1.54) is 13.0 Å². The Morgan fingerprint density at radius 3 is 2.63 bits per heavy atom. The van der Waals surface area contributed by atoms with Crippen LogP contribution in [0.1, 0.15) is 6.92 Å². The lowest BCUT2D eigenvalue weighted by molar-refractivity contribution is -0.286. The van der Waals surface area contributed by atoms with Gasteiger partial charge in [0.2, 0.25) is 10.0 Å². The summed E-state index contributed by atoms with van der Waals surface area (Å²) in [6.45, 7) is 0.751. The molecule has 0 spiro atoms. The first-order valence-corrected chi connectivity index (χ1v) is 6.80. The maximum absolute atomic E-state index is 12.8. The minimum Gasteiger partial charge on any atom is -0.395 e. The number of rotatable bonds is 4. The number of nitrogens with one attached hydrogen (secondary N) is 1. The fraction of sp³-hybridized carbons (Fsp3) is 0.400. The van der Waals surface area contributed by atoms with E-state index in [1.807, 2.05) is 0 Å². The van der Waals surface area contributed by atoms with Crippen LogP contribution < -0.4 is 14.2 Å². The fourth-order valence-corrected chi connectivity index (χ4v) is 2.23. The molecule has 0 amide bonds. The highest BCUT2D eigenvalue weighted by molar-refractivity contribution is 7.93. The first kappa shape index (κ1) is 13.8. The summed E-state index contributed by atoms with van der Waals surface area (Å²) in [6.07, 6.45) is -3.75. The zero-order valence-corrected chi connectivity index (χ0v) is 10.6. The highest BCUT2D eigenvalue weighted by atomic mass is 32.2. The minimum atomic E-state index is -3.79. The Morgan fingerprint density at radius 1 is 1.37 bits per heavy atom. The van der Waals surface area contributed by atoms with E-state index in [4.69, 9.17) is 5.11 Å². The van der Waals surface area contributed by atoms with Gasteiger partial charge in [-0.25, -0.2) is 8.42 Å². The second-order valence-electron chi connectivity index (χ2n) is 3.97. The van der Waals surface area contributed by atoms with Crippen molar-refractivity contribution in [2.75, 3.05) is 11.3 Å². The van der Waals surface area contributed by atoms with Gasteiger partial charge in [-0.1, -0.05) is 0 Å². The Hall–Kier alpha value is -1.61. The number of anilines is 1. The molecule has 0 aliphatic carbocycles. The summed E-state index contributed by atoms with van der Waals surface area (Å²) in [5.41, 5.74) is 0.0420. The van der Waals surface area contributed by atoms with E-state index in [-0.39, 0.29) is 17.2 Å². The Bertz CT molecular complexity index is 590. The molecule has 1 unspecified atom stereocenters. The summed E-state index contributed by atoms with van der Waals surface area (Å²) in [6, 6.07) is 3.50. The largest absolute Gasteiger partial charge is 0.586 e. The predicted molar refractivity (Wildman–Crippen MR) is 61.7 cm³/mol. The number of aliphatic hydroxyl groups is 1. The van der Waals surface area contributed by atoms with Gasteiger partial charge in [0.15, 0.2) is 11.5 Å². The molecule has 0 radical (unpaired) electrons. The predicted octanol–water partition coefficient (Wildman–Crippen LogP) is 1.13. The third kappa shape index (κ3) is 2.87. The highest BCUT2D eigenvalue weighted by Gasteiger charge is 2.43. The molecule has 2 rings (SSSR count). The maximum Gasteiger partial charge on any atom is 0.586 e. The van der Waals surface area contributed by atoms with E-state index in [0.717, 1.165) is 12.1 Å². The Kier molecular flexibility index (Phi) is 3.27. The van der Waals surface area contributed by atoms with Gasteiger partial charge in [-0.2, -0.15) is 0 Å². The summed E-state index contributed by atoms with van der Waals surface area (Å²) in [7, 11) is -3.79. The molecule has 1 aromatic rings. The van der Waals surface area contributed by atoms with Crippen LogP contribution in [0.2, 0.25) is 0 Å². The quantitative estimate of drug-likeness (QED) is 0.870. The highest BCUT2D eigenvalue weighted by Crippen LogP contribution is 2.42. The Labute approximate surface area is 108 Å². The average Bonchev–Trinajstić information content (AvgIpc) is 2.60. The molecule has 1 aromatic carbocycles. The minimum absolute atomic E-state index is 0.0420. The summed E-state index contributed by atoms with van der Waals surface area (Å²) < 4.78 is 59.4. The molecule has 1 atom stereocenters. The van der Waals surface area contributed by atoms with E-state index in [9.17, 15) is 17.2 Å². The van der Waals surface area contributed by atoms with Gasteiger partial charge in [0.1, 0.15) is 5.25 Å². The van der Waals surface area contributed by atoms with Crippen LogP contribution in [0.5, 0.6) is 11.5 Å². The molecule has 9 heteroatoms. The maximum atomic E-state index is 12.8. The normalized spacial score (nSPS) is 18.1. The van der Waals surface area contributed by atoms with E-state index in [2.05, 4.69) is 14.2 Å². The van der Waals surface area contributed by atoms with Gasteiger partial charge < -0.3 is 14.6 Å². The lowest BCUT2D eigenvalue weighted by Gasteiger charge is -2.12. The van der Waals surface area contributed by atoms with Crippen LogP contribution in [0.3, 0.4) is 0 Å². The lowest BCUT2D eigenvalue weighted by atomic mass is 10.3. The number of hydrogen-bond acceptors (Lipinski definition) is 5. The van der Waals surface area contributed by atoms with Crippen molar-refractivity contribution in [1.82, 2.24) is 0 Å². The number of halogens is 2. The molecule has 0 bridgehead atoms. The molecule has 2 N–H and O–H groups in total. The molecule has 0 saturated heterocycles. The monoisotopic (exact) mass is 295 g/mol. The van der Waals surface area contributed by atoms with Gasteiger partial charge in [-0.3, -0.25) is 4.72 Å². The summed E-state index contributed by atoms with van der Waals surface area (Å²) in [4.78, 5) is 0. The molecule has 1 heterocycles. The van der Waals surface area contributed by atoms with Crippen molar-refractivity contribution in [2.24, 2.45) is 0 Å². The van der Waals surface area contributed by atoms with E-state index >= 15 is 0 Å². The summed E-state index contributed by atoms with van der Waals surface area (Å²) in [5.74, 6) is -0.440. The third-order valence-corrected chi connectivity index (χ3v) is 4.18. The van der Waals surface area contributed by atoms with E-state index in [1.54, 1.807) is 0 Å². The van der Waals surface area contributed by atoms with Gasteiger partial charge >= 0.3 is 6.29 Å². The smallest absolute Gasteiger partial charge is 0.395 e. The van der Waals surface area contributed by atoms with Crippen molar-refractivity contribution in [1.29, 1.82) is 0 Å². The lowest BCUT2D eigenvalue weighted by Crippen LogP contribution is -2.28. The number of fused-ring (bicyclic) bond motifs is 1. The topological polar surface area (TPSA) is 84.9 Å². The number of hydrogen-bond donors (Lipinski definition) is 2. The molecule has 106 valence electrons. The standard InChI is InChI=1S/C10H11F2NO5S/c1-6(5-14)19(15,16)13-7-2-3-8-9(4-7)18-10(11,12)17-8/h2-4,6,13-14H,5H2,1H3. The van der Waals surface area contributed by atoms with Crippen molar-refractivity contribution in [3.8, 4) is 11.5 Å². The van der Waals surface area contributed by atoms with Crippen LogP contribution in [0.4, 0.5) is 14.5 Å². The number of ether oxygens (including phenoxy) is 2. The van der Waals surface area contributed by atoms with Gasteiger partial charge in [-0.15, -0.1) is 8.78 Å². The van der Waals surface area contributed by atoms with Crippen LogP contribution >= 0.6 is 0 Å². The molecular formula is C10H11F2NO5S. The number of sulfonamides is 1. The van der Waals surface area contributed by atoms with E-state index in [0.29, 0.717) is 0 Å². The van der Waals surface area contributed by atoms with Gasteiger partial charge in [-0.05, 0) is 19.1 Å². The van der Waals surface area contributed by atoms with E-state index < -0.39 is 28.2 Å². The van der Waals surface area contributed by atoms with Crippen molar-refractivity contribution >= 4 is 15.7 Å². The van der Waals surface area contributed by atoms with Gasteiger partial charge in [0.25, 0.3) is 0 Å². The number of aliphatic hydroxyl groups excluding tert-OH is 1. The van der Waals surface area contributed by atoms with Crippen LogP contribution in [0.15, 0.2) is 18.2 Å². The van der Waals surface area contributed by atoms with Gasteiger partial charge in [0, 0.05) is 6.07 Å². The van der Waals surface area contributed by atoms with Crippen LogP contribution in [0, 0.1) is 0 Å². The Morgan fingerprint density at radius 2 is 2.00 bits per heavy atom. The fourth-order valence-electron chi connectivity index (χ4n) is 1.38. The summed E-state index contributed by atoms with van der Waals surface area (Å²) >= 11 is 0. The molecule has 0 aromatic heterocycles.